The summed E-state index contributed by atoms with van der Waals surface area (Å²) in [5.74, 6) is -1.14. The van der Waals surface area contributed by atoms with Crippen molar-refractivity contribution >= 4 is 17.7 Å². The van der Waals surface area contributed by atoms with Crippen molar-refractivity contribution < 1.29 is 19.4 Å². The Hall–Kier alpha value is -2.87. The Morgan fingerprint density at radius 2 is 1.87 bits per heavy atom. The molecule has 4 rings (SSSR count). The molecule has 2 saturated heterocycles. The molecule has 0 aliphatic carbocycles. The average molecular weight is 412 g/mol. The van der Waals surface area contributed by atoms with Gasteiger partial charge in [-0.25, -0.2) is 9.59 Å². The highest BCUT2D eigenvalue weighted by Crippen LogP contribution is 2.24. The Labute approximate surface area is 176 Å². The van der Waals surface area contributed by atoms with Crippen LogP contribution in [0.15, 0.2) is 30.5 Å². The van der Waals surface area contributed by atoms with Crippen LogP contribution in [0.2, 0.25) is 0 Å². The number of piperidine rings is 1. The molecule has 2 fully saturated rings. The molecule has 0 bridgehead atoms. The van der Waals surface area contributed by atoms with Crippen LogP contribution < -0.4 is 4.90 Å². The van der Waals surface area contributed by atoms with Crippen molar-refractivity contribution in [3.05, 3.63) is 47.3 Å². The number of amides is 1. The number of carbonyl (C=O) groups is 2. The number of hydrogen-bond acceptors (Lipinski definition) is 5. The number of carbonyl (C=O) groups excluding carboxylic acids is 1. The summed E-state index contributed by atoms with van der Waals surface area (Å²) in [5.41, 5.74) is 3.59. The second-order valence-electron chi connectivity index (χ2n) is 8.10. The standard InChI is InChI=1S/C22H28N4O4/c1-16-12-17(14-18(13-16)24-7-2-3-8-24)15-30-19-4-9-25(10-5-19)22(29)26-11-6-20(23-26)21(27)28/h6,11-14,19H,2-5,7-10,15H2,1H3,(H,27,28). The number of nitrogens with zero attached hydrogens (tertiary/aromatic N) is 4. The molecule has 30 heavy (non-hydrogen) atoms. The summed E-state index contributed by atoms with van der Waals surface area (Å²) in [6.45, 7) is 6.08. The van der Waals surface area contributed by atoms with E-state index < -0.39 is 5.97 Å². The van der Waals surface area contributed by atoms with Gasteiger partial charge in [0.15, 0.2) is 5.69 Å². The molecule has 1 aromatic carbocycles. The van der Waals surface area contributed by atoms with E-state index in [1.807, 2.05) is 0 Å². The molecule has 2 aliphatic heterocycles. The van der Waals surface area contributed by atoms with Gasteiger partial charge in [-0.3, -0.25) is 0 Å². The molecule has 8 nitrogen and oxygen atoms in total. The highest BCUT2D eigenvalue weighted by Gasteiger charge is 2.25. The summed E-state index contributed by atoms with van der Waals surface area (Å²) in [6, 6.07) is 7.68. The first-order valence-electron chi connectivity index (χ1n) is 10.5. The van der Waals surface area contributed by atoms with Gasteiger partial charge in [0.05, 0.1) is 12.7 Å². The Morgan fingerprint density at radius 3 is 2.53 bits per heavy atom. The fraction of sp³-hybridized carbons (Fsp3) is 0.500. The molecular weight excluding hydrogens is 384 g/mol. The van der Waals surface area contributed by atoms with Gasteiger partial charge in [0, 0.05) is 38.1 Å². The number of aromatic carboxylic acids is 1. The lowest BCUT2D eigenvalue weighted by Crippen LogP contribution is -2.43. The minimum Gasteiger partial charge on any atom is -0.476 e. The van der Waals surface area contributed by atoms with Crippen molar-refractivity contribution in [3.63, 3.8) is 0 Å². The Kier molecular flexibility index (Phi) is 6.03. The van der Waals surface area contributed by atoms with E-state index in [1.165, 1.54) is 41.9 Å². The summed E-state index contributed by atoms with van der Waals surface area (Å²) in [6.07, 6.45) is 5.52. The third-order valence-corrected chi connectivity index (χ3v) is 5.80. The Bertz CT molecular complexity index is 912. The zero-order valence-corrected chi connectivity index (χ0v) is 17.3. The zero-order valence-electron chi connectivity index (χ0n) is 17.3. The molecule has 0 spiro atoms. The predicted molar refractivity (Wildman–Crippen MR) is 112 cm³/mol. The predicted octanol–water partition coefficient (Wildman–Crippen LogP) is 3.14. The van der Waals surface area contributed by atoms with Crippen LogP contribution >= 0.6 is 0 Å². The number of likely N-dealkylation sites (tertiary alicyclic amines) is 1. The first-order valence-corrected chi connectivity index (χ1v) is 10.5. The molecule has 0 atom stereocenters. The number of benzene rings is 1. The number of hydrogen-bond donors (Lipinski definition) is 1. The lowest BCUT2D eigenvalue weighted by Gasteiger charge is -2.31. The monoisotopic (exact) mass is 412 g/mol. The quantitative estimate of drug-likeness (QED) is 0.812. The van der Waals surface area contributed by atoms with Gasteiger partial charge in [-0.1, -0.05) is 6.07 Å². The molecular formula is C22H28N4O4. The number of carboxylic acid groups (broad SMARTS) is 1. The zero-order chi connectivity index (χ0) is 21.1. The van der Waals surface area contributed by atoms with Gasteiger partial charge in [0.25, 0.3) is 0 Å². The molecule has 8 heteroatoms. The molecule has 1 aromatic heterocycles. The maximum absolute atomic E-state index is 12.5. The second-order valence-corrected chi connectivity index (χ2v) is 8.10. The van der Waals surface area contributed by atoms with E-state index in [2.05, 4.69) is 35.1 Å². The minimum absolute atomic E-state index is 0.108. The van der Waals surface area contributed by atoms with Gasteiger partial charge in [0.1, 0.15) is 0 Å². The molecule has 3 heterocycles. The van der Waals surface area contributed by atoms with Crippen molar-refractivity contribution in [1.29, 1.82) is 0 Å². The first-order chi connectivity index (χ1) is 14.5. The normalized spacial score (nSPS) is 17.5. The average Bonchev–Trinajstić information content (AvgIpc) is 3.44. The van der Waals surface area contributed by atoms with Crippen molar-refractivity contribution in [1.82, 2.24) is 14.7 Å². The summed E-state index contributed by atoms with van der Waals surface area (Å²) in [5, 5.41) is 12.8. The Balaban J connectivity index is 1.29. The molecule has 1 amide bonds. The van der Waals surface area contributed by atoms with Crippen LogP contribution in [0.5, 0.6) is 0 Å². The SMILES string of the molecule is Cc1cc(COC2CCN(C(=O)n3ccc(C(=O)O)n3)CC2)cc(N2CCCC2)c1. The number of aromatic nitrogens is 2. The van der Waals surface area contributed by atoms with E-state index in [4.69, 9.17) is 9.84 Å². The van der Waals surface area contributed by atoms with Gasteiger partial charge in [0.2, 0.25) is 0 Å². The van der Waals surface area contributed by atoms with Gasteiger partial charge in [-0.2, -0.15) is 9.78 Å². The summed E-state index contributed by atoms with van der Waals surface area (Å²) >= 11 is 0. The first kappa shape index (κ1) is 20.4. The molecule has 0 radical (unpaired) electrons. The van der Waals surface area contributed by atoms with Gasteiger partial charge in [-0.15, -0.1) is 0 Å². The molecule has 2 aromatic rings. The topological polar surface area (TPSA) is 87.9 Å². The number of carboxylic acids is 1. The van der Waals surface area contributed by atoms with Crippen molar-refractivity contribution in [3.8, 4) is 0 Å². The smallest absolute Gasteiger partial charge is 0.356 e. The van der Waals surface area contributed by atoms with E-state index in [9.17, 15) is 9.59 Å². The van der Waals surface area contributed by atoms with Crippen molar-refractivity contribution in [2.45, 2.75) is 45.3 Å². The van der Waals surface area contributed by atoms with E-state index in [0.717, 1.165) is 30.6 Å². The highest BCUT2D eigenvalue weighted by molar-refractivity contribution is 5.86. The van der Waals surface area contributed by atoms with E-state index in [1.54, 1.807) is 4.90 Å². The molecule has 0 saturated carbocycles. The van der Waals surface area contributed by atoms with Crippen LogP contribution in [-0.2, 0) is 11.3 Å². The van der Waals surface area contributed by atoms with Crippen LogP contribution in [0.3, 0.4) is 0 Å². The number of anilines is 1. The third-order valence-electron chi connectivity index (χ3n) is 5.80. The van der Waals surface area contributed by atoms with Gasteiger partial charge >= 0.3 is 12.0 Å². The van der Waals surface area contributed by atoms with Crippen LogP contribution in [0, 0.1) is 6.92 Å². The van der Waals surface area contributed by atoms with E-state index in [-0.39, 0.29) is 17.8 Å². The van der Waals surface area contributed by atoms with Crippen LogP contribution in [0.25, 0.3) is 0 Å². The van der Waals surface area contributed by atoms with Crippen LogP contribution in [0.1, 0.15) is 47.3 Å². The van der Waals surface area contributed by atoms with Crippen LogP contribution in [0.4, 0.5) is 10.5 Å². The lowest BCUT2D eigenvalue weighted by molar-refractivity contribution is 0.00435. The number of ether oxygens (including phenoxy) is 1. The Morgan fingerprint density at radius 1 is 1.13 bits per heavy atom. The van der Waals surface area contributed by atoms with Crippen LogP contribution in [-0.4, -0.2) is 64.1 Å². The maximum atomic E-state index is 12.5. The summed E-state index contributed by atoms with van der Waals surface area (Å²) < 4.78 is 7.25. The van der Waals surface area contributed by atoms with E-state index >= 15 is 0 Å². The lowest BCUT2D eigenvalue weighted by atomic mass is 10.1. The number of rotatable bonds is 5. The number of aryl methyl sites for hydroxylation is 1. The fourth-order valence-electron chi connectivity index (χ4n) is 4.20. The minimum atomic E-state index is -1.14. The molecule has 1 N–H and O–H groups in total. The second kappa shape index (κ2) is 8.87. The summed E-state index contributed by atoms with van der Waals surface area (Å²) in [7, 11) is 0. The maximum Gasteiger partial charge on any atom is 0.356 e. The molecule has 160 valence electrons. The van der Waals surface area contributed by atoms with Crippen molar-refractivity contribution in [2.75, 3.05) is 31.1 Å². The highest BCUT2D eigenvalue weighted by atomic mass is 16.5. The fourth-order valence-corrected chi connectivity index (χ4v) is 4.20. The summed E-state index contributed by atoms with van der Waals surface area (Å²) in [4.78, 5) is 27.6. The molecule has 0 unspecified atom stereocenters. The third kappa shape index (κ3) is 4.64. The van der Waals surface area contributed by atoms with Crippen molar-refractivity contribution in [2.24, 2.45) is 0 Å². The largest absolute Gasteiger partial charge is 0.476 e. The van der Waals surface area contributed by atoms with Gasteiger partial charge in [-0.05, 0) is 61.9 Å². The molecule has 2 aliphatic rings. The van der Waals surface area contributed by atoms with Gasteiger partial charge < -0.3 is 19.6 Å². The van der Waals surface area contributed by atoms with E-state index in [0.29, 0.717) is 19.7 Å².